The molecule has 25 heavy (non-hydrogen) atoms. The van der Waals surface area contributed by atoms with Crippen LogP contribution in [0.5, 0.6) is 11.5 Å². The number of aryl methyl sites for hydroxylation is 1. The molecule has 0 heterocycles. The number of carbonyl (C=O) groups is 1. The molecule has 4 nitrogen and oxygen atoms in total. The van der Waals surface area contributed by atoms with Crippen molar-refractivity contribution in [1.29, 1.82) is 0 Å². The van der Waals surface area contributed by atoms with E-state index in [1.165, 1.54) is 0 Å². The van der Waals surface area contributed by atoms with Crippen LogP contribution >= 0.6 is 0 Å². The fourth-order valence-electron chi connectivity index (χ4n) is 2.65. The number of ketones is 1. The third-order valence-corrected chi connectivity index (χ3v) is 4.02. The predicted molar refractivity (Wildman–Crippen MR) is 103 cm³/mol. The van der Waals surface area contributed by atoms with Crippen LogP contribution in [0.15, 0.2) is 42.5 Å². The number of benzene rings is 2. The lowest BCUT2D eigenvalue weighted by molar-refractivity contribution is 0.104. The highest BCUT2D eigenvalue weighted by Crippen LogP contribution is 2.31. The van der Waals surface area contributed by atoms with Crippen LogP contribution in [0.25, 0.3) is 6.08 Å². The van der Waals surface area contributed by atoms with Crippen LogP contribution in [-0.2, 0) is 6.42 Å². The van der Waals surface area contributed by atoms with Crippen LogP contribution < -0.4 is 14.8 Å². The van der Waals surface area contributed by atoms with E-state index in [-0.39, 0.29) is 5.78 Å². The Morgan fingerprint density at radius 2 is 1.76 bits per heavy atom. The van der Waals surface area contributed by atoms with E-state index in [1.807, 2.05) is 43.4 Å². The first-order valence-corrected chi connectivity index (χ1v) is 8.38. The van der Waals surface area contributed by atoms with Gasteiger partial charge in [0.1, 0.15) is 11.5 Å². The zero-order valence-corrected chi connectivity index (χ0v) is 15.3. The van der Waals surface area contributed by atoms with Crippen LogP contribution in [0.4, 0.5) is 5.69 Å². The molecule has 0 aliphatic heterocycles. The molecule has 4 heteroatoms. The minimum absolute atomic E-state index is 0.0439. The van der Waals surface area contributed by atoms with E-state index >= 15 is 0 Å². The van der Waals surface area contributed by atoms with Gasteiger partial charge in [-0.05, 0) is 54.5 Å². The second-order valence-electron chi connectivity index (χ2n) is 5.68. The predicted octanol–water partition coefficient (Wildman–Crippen LogP) is 4.59. The Kier molecular flexibility index (Phi) is 6.63. The van der Waals surface area contributed by atoms with Crippen LogP contribution in [0.3, 0.4) is 0 Å². The molecule has 0 aromatic heterocycles. The van der Waals surface area contributed by atoms with Gasteiger partial charge in [0.05, 0.1) is 14.2 Å². The number of nitrogens with one attached hydrogen (secondary N) is 1. The summed E-state index contributed by atoms with van der Waals surface area (Å²) in [6.07, 6.45) is 5.30. The van der Waals surface area contributed by atoms with E-state index < -0.39 is 0 Å². The highest BCUT2D eigenvalue weighted by Gasteiger charge is 2.10. The van der Waals surface area contributed by atoms with Crippen molar-refractivity contribution in [2.45, 2.75) is 19.8 Å². The fraction of sp³-hybridized carbons (Fsp3) is 0.286. The van der Waals surface area contributed by atoms with E-state index in [4.69, 9.17) is 9.47 Å². The zero-order valence-electron chi connectivity index (χ0n) is 15.3. The van der Waals surface area contributed by atoms with Crippen molar-refractivity contribution in [2.24, 2.45) is 0 Å². The van der Waals surface area contributed by atoms with Gasteiger partial charge in [0.2, 0.25) is 0 Å². The molecule has 0 saturated heterocycles. The molecule has 2 aromatic carbocycles. The lowest BCUT2D eigenvalue weighted by Gasteiger charge is -2.12. The van der Waals surface area contributed by atoms with Crippen LogP contribution in [-0.4, -0.2) is 27.1 Å². The minimum Gasteiger partial charge on any atom is -0.496 e. The fourth-order valence-corrected chi connectivity index (χ4v) is 2.65. The molecule has 0 aliphatic carbocycles. The Balaban J connectivity index is 2.28. The molecule has 0 aliphatic rings. The Morgan fingerprint density at radius 1 is 1.08 bits per heavy atom. The summed E-state index contributed by atoms with van der Waals surface area (Å²) in [7, 11) is 5.12. The quantitative estimate of drug-likeness (QED) is 0.564. The summed E-state index contributed by atoms with van der Waals surface area (Å²) in [5, 5.41) is 3.04. The number of methoxy groups -OCH3 is 2. The van der Waals surface area contributed by atoms with Crippen LogP contribution in [0, 0.1) is 0 Å². The lowest BCUT2D eigenvalue weighted by Crippen LogP contribution is -1.97. The molecule has 0 amide bonds. The summed E-state index contributed by atoms with van der Waals surface area (Å²) in [6, 6.07) is 11.3. The molecule has 1 N–H and O–H groups in total. The monoisotopic (exact) mass is 339 g/mol. The van der Waals surface area contributed by atoms with E-state index in [0.29, 0.717) is 11.3 Å². The summed E-state index contributed by atoms with van der Waals surface area (Å²) in [6.45, 7) is 2.12. The maximum absolute atomic E-state index is 12.4. The molecule has 0 saturated carbocycles. The highest BCUT2D eigenvalue weighted by molar-refractivity contribution is 6.07. The van der Waals surface area contributed by atoms with E-state index in [0.717, 1.165) is 35.4 Å². The Morgan fingerprint density at radius 3 is 2.32 bits per heavy atom. The molecule has 2 aromatic rings. The maximum atomic E-state index is 12.4. The van der Waals surface area contributed by atoms with Crippen molar-refractivity contribution in [3.05, 3.63) is 59.2 Å². The lowest BCUT2D eigenvalue weighted by atomic mass is 10.0. The number of hydrogen-bond donors (Lipinski definition) is 1. The maximum Gasteiger partial charge on any atom is 0.185 e. The molecule has 0 unspecified atom stereocenters. The molecule has 0 radical (unpaired) electrons. The first kappa shape index (κ1) is 18.6. The summed E-state index contributed by atoms with van der Waals surface area (Å²) in [5.41, 5.74) is 3.60. The number of allylic oxidation sites excluding steroid dienone is 1. The first-order chi connectivity index (χ1) is 12.1. The Bertz CT molecular complexity index is 748. The number of hydrogen-bond acceptors (Lipinski definition) is 4. The van der Waals surface area contributed by atoms with Crippen molar-refractivity contribution in [2.75, 3.05) is 26.6 Å². The average molecular weight is 339 g/mol. The van der Waals surface area contributed by atoms with Gasteiger partial charge >= 0.3 is 0 Å². The topological polar surface area (TPSA) is 47.6 Å². The van der Waals surface area contributed by atoms with E-state index in [1.54, 1.807) is 26.4 Å². The third-order valence-electron chi connectivity index (χ3n) is 4.02. The van der Waals surface area contributed by atoms with Gasteiger partial charge in [0.15, 0.2) is 5.78 Å². The normalized spacial score (nSPS) is 10.7. The zero-order chi connectivity index (χ0) is 18.2. The molecule has 0 fully saturated rings. The largest absolute Gasteiger partial charge is 0.496 e. The molecular weight excluding hydrogens is 314 g/mol. The number of rotatable bonds is 8. The third kappa shape index (κ3) is 4.63. The summed E-state index contributed by atoms with van der Waals surface area (Å²) < 4.78 is 10.9. The summed E-state index contributed by atoms with van der Waals surface area (Å²) in [5.74, 6) is 1.45. The standard InChI is InChI=1S/C21H25NO3/c1-5-6-16-13-17(21(25-4)14-20(16)24-3)9-12-19(23)15-7-10-18(22-2)11-8-15/h7-14,22H,5-6H2,1-4H3. The molecule has 2 rings (SSSR count). The molecule has 0 atom stereocenters. The minimum atomic E-state index is -0.0439. The van der Waals surface area contributed by atoms with Crippen molar-refractivity contribution >= 4 is 17.5 Å². The Labute approximate surface area is 149 Å². The summed E-state index contributed by atoms with van der Waals surface area (Å²) in [4.78, 5) is 12.4. The van der Waals surface area contributed by atoms with Gasteiger partial charge in [-0.3, -0.25) is 4.79 Å². The van der Waals surface area contributed by atoms with Gasteiger partial charge in [-0.1, -0.05) is 13.3 Å². The van der Waals surface area contributed by atoms with Gasteiger partial charge in [-0.25, -0.2) is 0 Å². The number of anilines is 1. The highest BCUT2D eigenvalue weighted by atomic mass is 16.5. The second-order valence-corrected chi connectivity index (χ2v) is 5.68. The van der Waals surface area contributed by atoms with E-state index in [9.17, 15) is 4.79 Å². The first-order valence-electron chi connectivity index (χ1n) is 8.38. The second kappa shape index (κ2) is 8.92. The van der Waals surface area contributed by atoms with Gasteiger partial charge in [0.25, 0.3) is 0 Å². The van der Waals surface area contributed by atoms with Gasteiger partial charge in [-0.15, -0.1) is 0 Å². The Hall–Kier alpha value is -2.75. The van der Waals surface area contributed by atoms with Gasteiger partial charge in [0, 0.05) is 29.9 Å². The van der Waals surface area contributed by atoms with Crippen molar-refractivity contribution < 1.29 is 14.3 Å². The van der Waals surface area contributed by atoms with E-state index in [2.05, 4.69) is 12.2 Å². The van der Waals surface area contributed by atoms with Gasteiger partial charge < -0.3 is 14.8 Å². The number of ether oxygens (including phenoxy) is 2. The summed E-state index contributed by atoms with van der Waals surface area (Å²) >= 11 is 0. The number of carbonyl (C=O) groups excluding carboxylic acids is 1. The average Bonchev–Trinajstić information content (AvgIpc) is 2.66. The van der Waals surface area contributed by atoms with Crippen molar-refractivity contribution in [3.63, 3.8) is 0 Å². The molecule has 0 bridgehead atoms. The SMILES string of the molecule is CCCc1cc(C=CC(=O)c2ccc(NC)cc2)c(OC)cc1OC. The van der Waals surface area contributed by atoms with Crippen LogP contribution in [0.1, 0.15) is 34.8 Å². The molecule has 132 valence electrons. The van der Waals surface area contributed by atoms with Gasteiger partial charge in [-0.2, -0.15) is 0 Å². The van der Waals surface area contributed by atoms with Crippen molar-refractivity contribution in [3.8, 4) is 11.5 Å². The van der Waals surface area contributed by atoms with Crippen LogP contribution in [0.2, 0.25) is 0 Å². The molecular formula is C21H25NO3. The van der Waals surface area contributed by atoms with Crippen molar-refractivity contribution in [1.82, 2.24) is 0 Å². The smallest absolute Gasteiger partial charge is 0.185 e. The molecule has 0 spiro atoms.